The van der Waals surface area contributed by atoms with Crippen molar-refractivity contribution in [1.29, 1.82) is 0 Å². The molecule has 0 N–H and O–H groups in total. The number of hydrogen-bond donors (Lipinski definition) is 0. The summed E-state index contributed by atoms with van der Waals surface area (Å²) in [6.07, 6.45) is 7.42. The highest BCUT2D eigenvalue weighted by Crippen LogP contribution is 2.28. The third kappa shape index (κ3) is 7.53. The zero-order valence-corrected chi connectivity index (χ0v) is 17.8. The molecule has 156 valence electrons. The van der Waals surface area contributed by atoms with Gasteiger partial charge in [0.05, 0.1) is 19.4 Å². The number of aryl methyl sites for hydroxylation is 2. The molecule has 0 unspecified atom stereocenters. The topological polar surface area (TPSA) is 49.3 Å². The number of ether oxygens (including phenoxy) is 3. The van der Waals surface area contributed by atoms with Crippen molar-refractivity contribution < 1.29 is 19.0 Å². The summed E-state index contributed by atoms with van der Waals surface area (Å²) in [5, 5.41) is 3.80. The first-order valence-corrected chi connectivity index (χ1v) is 9.92. The van der Waals surface area contributed by atoms with E-state index >= 15 is 0 Å². The third-order valence-electron chi connectivity index (χ3n) is 4.27. The number of unbranched alkanes of at least 4 members (excludes halogenated alkanes) is 1. The Bertz CT molecular complexity index is 791. The van der Waals surface area contributed by atoms with E-state index in [1.165, 1.54) is 7.11 Å². The molecule has 2 aromatic carbocycles. The van der Waals surface area contributed by atoms with E-state index in [-0.39, 0.29) is 0 Å². The van der Waals surface area contributed by atoms with E-state index in [0.717, 1.165) is 46.8 Å². The minimum atomic E-state index is 0.579. The summed E-state index contributed by atoms with van der Waals surface area (Å²) in [6.45, 7) is 7.93. The molecule has 0 atom stereocenters. The van der Waals surface area contributed by atoms with Gasteiger partial charge in [-0.1, -0.05) is 29.4 Å². The van der Waals surface area contributed by atoms with E-state index in [4.69, 9.17) is 19.0 Å². The lowest BCUT2D eigenvalue weighted by Crippen LogP contribution is -2.05. The monoisotopic (exact) mass is 397 g/mol. The molecule has 2 aromatic rings. The molecule has 0 heterocycles. The fourth-order valence-electron chi connectivity index (χ4n) is 2.85. The summed E-state index contributed by atoms with van der Waals surface area (Å²) in [5.41, 5.74) is 3.07. The Morgan fingerprint density at radius 2 is 1.62 bits per heavy atom. The van der Waals surface area contributed by atoms with Crippen LogP contribution < -0.4 is 14.2 Å². The van der Waals surface area contributed by atoms with Crippen LogP contribution in [0.25, 0.3) is 0 Å². The highest BCUT2D eigenvalue weighted by molar-refractivity contribution is 5.83. The Hall–Kier alpha value is -2.95. The van der Waals surface area contributed by atoms with Gasteiger partial charge in [-0.3, -0.25) is 0 Å². The molecule has 0 aliphatic heterocycles. The second-order valence-corrected chi connectivity index (χ2v) is 6.63. The summed E-state index contributed by atoms with van der Waals surface area (Å²) >= 11 is 0. The van der Waals surface area contributed by atoms with E-state index in [9.17, 15) is 0 Å². The highest BCUT2D eigenvalue weighted by Gasteiger charge is 2.07. The van der Waals surface area contributed by atoms with Crippen molar-refractivity contribution in [3.8, 4) is 17.2 Å². The van der Waals surface area contributed by atoms with Crippen LogP contribution in [0.2, 0.25) is 0 Å². The number of para-hydroxylation sites is 1. The summed E-state index contributed by atoms with van der Waals surface area (Å²) < 4.78 is 17.6. The lowest BCUT2D eigenvalue weighted by atomic mass is 10.1. The summed E-state index contributed by atoms with van der Waals surface area (Å²) in [6, 6.07) is 11.8. The molecule has 0 fully saturated rings. The van der Waals surface area contributed by atoms with Crippen molar-refractivity contribution in [1.82, 2.24) is 0 Å². The molecule has 5 heteroatoms. The molecule has 5 nitrogen and oxygen atoms in total. The smallest absolute Gasteiger partial charge is 0.128 e. The normalized spacial score (nSPS) is 11.2. The minimum absolute atomic E-state index is 0.579. The second-order valence-electron chi connectivity index (χ2n) is 6.63. The van der Waals surface area contributed by atoms with Crippen molar-refractivity contribution in [2.45, 2.75) is 33.6 Å². The van der Waals surface area contributed by atoms with E-state index in [2.05, 4.69) is 5.16 Å². The maximum absolute atomic E-state index is 6.01. The summed E-state index contributed by atoms with van der Waals surface area (Å²) in [7, 11) is 1.52. The van der Waals surface area contributed by atoms with Crippen LogP contribution in [0.4, 0.5) is 0 Å². The van der Waals surface area contributed by atoms with Crippen molar-refractivity contribution in [3.05, 3.63) is 65.2 Å². The van der Waals surface area contributed by atoms with E-state index in [1.807, 2.05) is 69.3 Å². The molecule has 0 bridgehead atoms. The van der Waals surface area contributed by atoms with Gasteiger partial charge in [0.25, 0.3) is 0 Å². The molecule has 0 spiro atoms. The van der Waals surface area contributed by atoms with Gasteiger partial charge in [-0.05, 0) is 69.0 Å². The number of benzene rings is 2. The first kappa shape index (κ1) is 22.3. The fourth-order valence-corrected chi connectivity index (χ4v) is 2.85. The SMILES string of the molecule is C/C=C/COc1cc(C)c(OCCCCOc2ccccc2C=NOC)c(C)c1. The zero-order valence-electron chi connectivity index (χ0n) is 17.8. The molecule has 0 saturated heterocycles. The van der Waals surface area contributed by atoms with Crippen LogP contribution in [0.15, 0.2) is 53.7 Å². The van der Waals surface area contributed by atoms with Gasteiger partial charge in [0.1, 0.15) is 31.0 Å². The van der Waals surface area contributed by atoms with Gasteiger partial charge in [0, 0.05) is 5.56 Å². The van der Waals surface area contributed by atoms with Crippen LogP contribution in [-0.4, -0.2) is 33.1 Å². The largest absolute Gasteiger partial charge is 0.493 e. The lowest BCUT2D eigenvalue weighted by molar-refractivity contribution is 0.215. The number of nitrogens with zero attached hydrogens (tertiary/aromatic N) is 1. The molecule has 0 aromatic heterocycles. The van der Waals surface area contributed by atoms with E-state index in [1.54, 1.807) is 6.21 Å². The standard InChI is InChI=1S/C24H31NO4/c1-5-6-13-27-22-16-19(2)24(20(3)17-22)29-15-10-9-14-28-23-12-8-7-11-21(23)18-25-26-4/h5-8,11-12,16-18H,9-10,13-15H2,1-4H3/b6-5+,25-18?. The van der Waals surface area contributed by atoms with Crippen LogP contribution in [0.1, 0.15) is 36.5 Å². The molecule has 0 aliphatic carbocycles. The second kappa shape index (κ2) is 12.5. The Balaban J connectivity index is 1.76. The fraction of sp³-hybridized carbons (Fsp3) is 0.375. The molecule has 0 radical (unpaired) electrons. The lowest BCUT2D eigenvalue weighted by Gasteiger charge is -2.14. The van der Waals surface area contributed by atoms with Gasteiger partial charge < -0.3 is 19.0 Å². The van der Waals surface area contributed by atoms with Crippen molar-refractivity contribution in [3.63, 3.8) is 0 Å². The first-order valence-electron chi connectivity index (χ1n) is 9.92. The van der Waals surface area contributed by atoms with Crippen LogP contribution in [0.3, 0.4) is 0 Å². The number of rotatable bonds is 12. The third-order valence-corrected chi connectivity index (χ3v) is 4.27. The van der Waals surface area contributed by atoms with Crippen molar-refractivity contribution >= 4 is 6.21 Å². The molecule has 2 rings (SSSR count). The Labute approximate surface area is 173 Å². The van der Waals surface area contributed by atoms with Gasteiger partial charge in [-0.25, -0.2) is 0 Å². The molecule has 0 aliphatic rings. The van der Waals surface area contributed by atoms with Gasteiger partial charge in [-0.15, -0.1) is 0 Å². The number of hydrogen-bond acceptors (Lipinski definition) is 5. The molecular formula is C24H31NO4. The minimum Gasteiger partial charge on any atom is -0.493 e. The predicted octanol–water partition coefficient (Wildman–Crippen LogP) is 5.48. The number of oxime groups is 1. The van der Waals surface area contributed by atoms with Crippen LogP contribution in [0.5, 0.6) is 17.2 Å². The van der Waals surface area contributed by atoms with Crippen molar-refractivity contribution in [2.24, 2.45) is 5.16 Å². The van der Waals surface area contributed by atoms with Gasteiger partial charge >= 0.3 is 0 Å². The van der Waals surface area contributed by atoms with E-state index in [0.29, 0.717) is 19.8 Å². The predicted molar refractivity (Wildman–Crippen MR) is 117 cm³/mol. The average Bonchev–Trinajstić information content (AvgIpc) is 2.71. The maximum atomic E-state index is 6.01. The van der Waals surface area contributed by atoms with Gasteiger partial charge in [0.2, 0.25) is 0 Å². The zero-order chi connectivity index (χ0) is 20.9. The Morgan fingerprint density at radius 1 is 0.931 bits per heavy atom. The van der Waals surface area contributed by atoms with Gasteiger partial charge in [-0.2, -0.15) is 0 Å². The molecule has 29 heavy (non-hydrogen) atoms. The molecular weight excluding hydrogens is 366 g/mol. The summed E-state index contributed by atoms with van der Waals surface area (Å²) in [4.78, 5) is 4.74. The Kier molecular flexibility index (Phi) is 9.63. The van der Waals surface area contributed by atoms with Crippen LogP contribution in [0, 0.1) is 13.8 Å². The van der Waals surface area contributed by atoms with Gasteiger partial charge in [0.15, 0.2) is 0 Å². The Morgan fingerprint density at radius 3 is 2.31 bits per heavy atom. The number of allylic oxidation sites excluding steroid dienone is 1. The molecule has 0 saturated carbocycles. The average molecular weight is 398 g/mol. The highest BCUT2D eigenvalue weighted by atomic mass is 16.6. The van der Waals surface area contributed by atoms with Crippen LogP contribution in [-0.2, 0) is 4.84 Å². The van der Waals surface area contributed by atoms with E-state index < -0.39 is 0 Å². The quantitative estimate of drug-likeness (QED) is 0.206. The van der Waals surface area contributed by atoms with Crippen molar-refractivity contribution in [2.75, 3.05) is 26.9 Å². The maximum Gasteiger partial charge on any atom is 0.128 e. The first-order chi connectivity index (χ1) is 14.2. The van der Waals surface area contributed by atoms with Crippen LogP contribution >= 0.6 is 0 Å². The summed E-state index contributed by atoms with van der Waals surface area (Å²) in [5.74, 6) is 2.61. The molecule has 0 amide bonds.